The van der Waals surface area contributed by atoms with E-state index >= 15 is 0 Å². The fourth-order valence-corrected chi connectivity index (χ4v) is 1.76. The van der Waals surface area contributed by atoms with E-state index in [0.717, 1.165) is 18.4 Å². The highest BCUT2D eigenvalue weighted by Gasteiger charge is 2.12. The van der Waals surface area contributed by atoms with Gasteiger partial charge in [0.15, 0.2) is 0 Å². The van der Waals surface area contributed by atoms with Crippen LogP contribution in [0.4, 0.5) is 0 Å². The van der Waals surface area contributed by atoms with E-state index in [-0.39, 0.29) is 6.54 Å². The molecule has 18 heavy (non-hydrogen) atoms. The van der Waals surface area contributed by atoms with Gasteiger partial charge < -0.3 is 20.3 Å². The molecular weight excluding hydrogens is 230 g/mol. The van der Waals surface area contributed by atoms with E-state index in [1.54, 1.807) is 0 Å². The molecule has 2 N–H and O–H groups in total. The number of unbranched alkanes of at least 4 members (excludes halogenated alkanes) is 1. The summed E-state index contributed by atoms with van der Waals surface area (Å²) in [6.45, 7) is 2.22. The van der Waals surface area contributed by atoms with Gasteiger partial charge in [-0.1, -0.05) is 50.1 Å². The maximum Gasteiger partial charge on any atom is 0.0914 e. The largest absolute Gasteiger partial charge is 0.548 e. The molecule has 0 amide bonds. The molecule has 2 unspecified atom stereocenters. The van der Waals surface area contributed by atoms with Gasteiger partial charge in [0.05, 0.1) is 12.1 Å². The van der Waals surface area contributed by atoms with Crippen LogP contribution >= 0.6 is 0 Å². The van der Waals surface area contributed by atoms with Crippen LogP contribution in [0.5, 0.6) is 0 Å². The first-order valence-corrected chi connectivity index (χ1v) is 6.32. The Kier molecular flexibility index (Phi) is 6.39. The van der Waals surface area contributed by atoms with Crippen LogP contribution in [0.15, 0.2) is 30.3 Å². The molecule has 4 heteroatoms. The Bertz CT molecular complexity index is 353. The molecule has 0 saturated heterocycles. The lowest BCUT2D eigenvalue weighted by molar-refractivity contribution is -0.308. The highest BCUT2D eigenvalue weighted by molar-refractivity contribution is 5.71. The van der Waals surface area contributed by atoms with Gasteiger partial charge in [-0.05, 0) is 12.0 Å². The first-order chi connectivity index (χ1) is 8.65. The summed E-state index contributed by atoms with van der Waals surface area (Å²) in [6.07, 6.45) is 1.59. The molecule has 100 valence electrons. The third-order valence-electron chi connectivity index (χ3n) is 2.87. The molecule has 0 aliphatic heterocycles. The number of carboxylic acids is 1. The normalized spacial score (nSPS) is 14.1. The van der Waals surface area contributed by atoms with Gasteiger partial charge in [0, 0.05) is 12.6 Å². The third kappa shape index (κ3) is 4.85. The number of carbonyl (C=O) groups is 1. The molecule has 0 spiro atoms. The number of hydrogen-bond acceptors (Lipinski definition) is 4. The fraction of sp³-hybridized carbons (Fsp3) is 0.500. The second kappa shape index (κ2) is 7.84. The number of rotatable bonds is 8. The number of aliphatic hydroxyl groups is 1. The summed E-state index contributed by atoms with van der Waals surface area (Å²) in [5, 5.41) is 23.6. The maximum absolute atomic E-state index is 10.9. The Morgan fingerprint density at radius 1 is 1.39 bits per heavy atom. The van der Waals surface area contributed by atoms with E-state index in [0.29, 0.717) is 6.42 Å². The van der Waals surface area contributed by atoms with E-state index in [2.05, 4.69) is 5.32 Å². The Morgan fingerprint density at radius 2 is 2.06 bits per heavy atom. The van der Waals surface area contributed by atoms with E-state index < -0.39 is 18.1 Å². The summed E-state index contributed by atoms with van der Waals surface area (Å²) >= 11 is 0. The van der Waals surface area contributed by atoms with Gasteiger partial charge in [0.25, 0.3) is 0 Å². The minimum Gasteiger partial charge on any atom is -0.548 e. The van der Waals surface area contributed by atoms with Crippen molar-refractivity contribution in [2.45, 2.75) is 38.3 Å². The summed E-state index contributed by atoms with van der Waals surface area (Å²) in [6, 6.07) is 8.48. The number of benzene rings is 1. The minimum absolute atomic E-state index is 0.215. The third-order valence-corrected chi connectivity index (χ3v) is 2.87. The summed E-state index contributed by atoms with van der Waals surface area (Å²) in [4.78, 5) is 10.9. The number of aliphatic carboxylic acids is 1. The van der Waals surface area contributed by atoms with Crippen LogP contribution in [-0.4, -0.2) is 23.7 Å². The highest BCUT2D eigenvalue weighted by atomic mass is 16.4. The van der Waals surface area contributed by atoms with Crippen molar-refractivity contribution in [3.8, 4) is 0 Å². The molecule has 0 bridgehead atoms. The smallest absolute Gasteiger partial charge is 0.0914 e. The quantitative estimate of drug-likeness (QED) is 0.709. The van der Waals surface area contributed by atoms with Gasteiger partial charge >= 0.3 is 0 Å². The van der Waals surface area contributed by atoms with Crippen LogP contribution in [0.3, 0.4) is 0 Å². The standard InChI is InChI=1S/C14H21NO3/c1-2-3-9-12(14(17)18)15-10-13(16)11-7-5-4-6-8-11/h4-8,12-13,15-16H,2-3,9-10H2,1H3,(H,17,18)/p-1. The number of nitrogens with one attached hydrogen (secondary N) is 1. The molecule has 0 saturated carbocycles. The van der Waals surface area contributed by atoms with Gasteiger partial charge in [-0.2, -0.15) is 0 Å². The topological polar surface area (TPSA) is 72.4 Å². The van der Waals surface area contributed by atoms with Crippen molar-refractivity contribution < 1.29 is 15.0 Å². The minimum atomic E-state index is -1.11. The Morgan fingerprint density at radius 3 is 2.61 bits per heavy atom. The predicted octanol–water partition coefficient (Wildman–Crippen LogP) is 0.618. The molecule has 1 rings (SSSR count). The van der Waals surface area contributed by atoms with Crippen LogP contribution in [0, 0.1) is 0 Å². The molecule has 1 aromatic carbocycles. The average Bonchev–Trinajstić information content (AvgIpc) is 2.39. The molecule has 0 radical (unpaired) electrons. The van der Waals surface area contributed by atoms with Gasteiger partial charge in [-0.3, -0.25) is 0 Å². The zero-order valence-corrected chi connectivity index (χ0v) is 10.6. The second-order valence-electron chi connectivity index (χ2n) is 4.35. The van der Waals surface area contributed by atoms with Crippen LogP contribution in [0.1, 0.15) is 37.9 Å². The Balaban J connectivity index is 2.44. The van der Waals surface area contributed by atoms with Crippen LogP contribution in [0.25, 0.3) is 0 Å². The zero-order valence-electron chi connectivity index (χ0n) is 10.6. The van der Waals surface area contributed by atoms with Crippen LogP contribution < -0.4 is 10.4 Å². The van der Waals surface area contributed by atoms with Crippen molar-refractivity contribution in [1.29, 1.82) is 0 Å². The van der Waals surface area contributed by atoms with Crippen molar-refractivity contribution in [3.05, 3.63) is 35.9 Å². The SMILES string of the molecule is CCCCC(NCC(O)c1ccccc1)C(=O)[O-]. The number of carbonyl (C=O) groups excluding carboxylic acids is 1. The fourth-order valence-electron chi connectivity index (χ4n) is 1.76. The van der Waals surface area contributed by atoms with E-state index in [1.165, 1.54) is 0 Å². The monoisotopic (exact) mass is 250 g/mol. The summed E-state index contributed by atoms with van der Waals surface area (Å²) in [5.74, 6) is -1.11. The molecule has 0 aliphatic rings. The zero-order chi connectivity index (χ0) is 13.4. The van der Waals surface area contributed by atoms with Crippen LogP contribution in [-0.2, 0) is 4.79 Å². The van der Waals surface area contributed by atoms with Gasteiger partial charge in [0.1, 0.15) is 0 Å². The molecule has 0 aliphatic carbocycles. The lowest BCUT2D eigenvalue weighted by Gasteiger charge is -2.21. The molecule has 0 aromatic heterocycles. The molecule has 1 aromatic rings. The second-order valence-corrected chi connectivity index (χ2v) is 4.35. The lowest BCUT2D eigenvalue weighted by Crippen LogP contribution is -2.46. The molecule has 0 heterocycles. The maximum atomic E-state index is 10.9. The Labute approximate surface area is 108 Å². The summed E-state index contributed by atoms with van der Waals surface area (Å²) in [5.41, 5.74) is 0.776. The van der Waals surface area contributed by atoms with E-state index in [1.807, 2.05) is 37.3 Å². The van der Waals surface area contributed by atoms with Crippen LogP contribution in [0.2, 0.25) is 0 Å². The van der Waals surface area contributed by atoms with E-state index in [4.69, 9.17) is 0 Å². The first-order valence-electron chi connectivity index (χ1n) is 6.32. The predicted molar refractivity (Wildman–Crippen MR) is 67.7 cm³/mol. The van der Waals surface area contributed by atoms with Crippen molar-refractivity contribution >= 4 is 5.97 Å². The lowest BCUT2D eigenvalue weighted by atomic mass is 10.1. The summed E-state index contributed by atoms with van der Waals surface area (Å²) < 4.78 is 0. The van der Waals surface area contributed by atoms with Crippen molar-refractivity contribution in [2.75, 3.05) is 6.54 Å². The van der Waals surface area contributed by atoms with Crippen molar-refractivity contribution in [3.63, 3.8) is 0 Å². The average molecular weight is 250 g/mol. The molecule has 0 fully saturated rings. The van der Waals surface area contributed by atoms with Crippen molar-refractivity contribution in [1.82, 2.24) is 5.32 Å². The number of aliphatic hydroxyl groups excluding tert-OH is 1. The molecule has 4 nitrogen and oxygen atoms in total. The van der Waals surface area contributed by atoms with Gasteiger partial charge in [-0.25, -0.2) is 0 Å². The van der Waals surface area contributed by atoms with Crippen molar-refractivity contribution in [2.24, 2.45) is 0 Å². The molecule has 2 atom stereocenters. The first kappa shape index (κ1) is 14.7. The molecular formula is C14H20NO3-. The Hall–Kier alpha value is -1.39. The van der Waals surface area contributed by atoms with Gasteiger partial charge in [0.2, 0.25) is 0 Å². The summed E-state index contributed by atoms with van der Waals surface area (Å²) in [7, 11) is 0. The van der Waals surface area contributed by atoms with Gasteiger partial charge in [-0.15, -0.1) is 0 Å². The highest BCUT2D eigenvalue weighted by Crippen LogP contribution is 2.11. The van der Waals surface area contributed by atoms with E-state index in [9.17, 15) is 15.0 Å². The number of carboxylic acid groups (broad SMARTS) is 1. The number of hydrogen-bond donors (Lipinski definition) is 2.